The lowest BCUT2D eigenvalue weighted by atomic mass is 10.1. The maximum absolute atomic E-state index is 11.2. The van der Waals surface area contributed by atoms with Crippen molar-refractivity contribution in [3.05, 3.63) is 23.8 Å². The van der Waals surface area contributed by atoms with Crippen LogP contribution in [0.25, 0.3) is 0 Å². The number of carbonyl (C=O) groups is 1. The van der Waals surface area contributed by atoms with Crippen LogP contribution >= 0.6 is 15.9 Å². The van der Waals surface area contributed by atoms with E-state index in [4.69, 9.17) is 10.5 Å². The molecule has 0 heterocycles. The maximum atomic E-state index is 11.2. The summed E-state index contributed by atoms with van der Waals surface area (Å²) in [6.45, 7) is 4.03. The van der Waals surface area contributed by atoms with Gasteiger partial charge in [0, 0.05) is 11.8 Å². The summed E-state index contributed by atoms with van der Waals surface area (Å²) in [6.07, 6.45) is 0. The van der Waals surface area contributed by atoms with Crippen molar-refractivity contribution < 1.29 is 9.53 Å². The van der Waals surface area contributed by atoms with E-state index < -0.39 is 0 Å². The van der Waals surface area contributed by atoms with E-state index in [1.54, 1.807) is 12.1 Å². The summed E-state index contributed by atoms with van der Waals surface area (Å²) >= 11 is 3.29. The van der Waals surface area contributed by atoms with E-state index in [0.29, 0.717) is 12.3 Å². The summed E-state index contributed by atoms with van der Waals surface area (Å²) in [4.78, 5) is 10.8. The van der Waals surface area contributed by atoms with E-state index >= 15 is 0 Å². The lowest BCUT2D eigenvalue weighted by molar-refractivity contribution is -0.116. The first-order valence-corrected chi connectivity index (χ1v) is 5.64. The van der Waals surface area contributed by atoms with Gasteiger partial charge in [-0.3, -0.25) is 4.79 Å². The van der Waals surface area contributed by atoms with Gasteiger partial charge < -0.3 is 10.5 Å². The second-order valence-electron chi connectivity index (χ2n) is 3.20. The minimum Gasteiger partial charge on any atom is -0.494 e. The topological polar surface area (TPSA) is 52.3 Å². The molecule has 0 radical (unpaired) electrons. The normalized spacial score (nSPS) is 12.2. The van der Waals surface area contributed by atoms with Crippen molar-refractivity contribution in [1.82, 2.24) is 0 Å². The zero-order chi connectivity index (χ0) is 11.4. The van der Waals surface area contributed by atoms with Gasteiger partial charge in [-0.2, -0.15) is 0 Å². The highest BCUT2D eigenvalue weighted by Crippen LogP contribution is 2.31. The number of nitrogen functional groups attached to an aromatic ring is 1. The summed E-state index contributed by atoms with van der Waals surface area (Å²) in [7, 11) is 0. The highest BCUT2D eigenvalue weighted by Gasteiger charge is 2.15. The van der Waals surface area contributed by atoms with Crippen LogP contribution in [0.5, 0.6) is 5.75 Å². The van der Waals surface area contributed by atoms with Gasteiger partial charge in [-0.1, -0.05) is 22.0 Å². The third-order valence-corrected chi connectivity index (χ3v) is 3.14. The maximum Gasteiger partial charge on any atom is 0.147 e. The van der Waals surface area contributed by atoms with Gasteiger partial charge in [-0.15, -0.1) is 0 Å². The summed E-state index contributed by atoms with van der Waals surface area (Å²) in [5.74, 6) is 0.757. The molecular formula is C11H14BrNO2. The van der Waals surface area contributed by atoms with E-state index in [2.05, 4.69) is 15.9 Å². The second-order valence-corrected chi connectivity index (χ2v) is 4.11. The van der Waals surface area contributed by atoms with Crippen LogP contribution < -0.4 is 10.5 Å². The van der Waals surface area contributed by atoms with Gasteiger partial charge in [0.2, 0.25) is 0 Å². The van der Waals surface area contributed by atoms with Gasteiger partial charge in [0.25, 0.3) is 0 Å². The minimum atomic E-state index is -0.340. The second kappa shape index (κ2) is 5.16. The van der Waals surface area contributed by atoms with E-state index in [-0.39, 0.29) is 10.6 Å². The van der Waals surface area contributed by atoms with Gasteiger partial charge in [-0.25, -0.2) is 0 Å². The monoisotopic (exact) mass is 271 g/mol. The van der Waals surface area contributed by atoms with Crippen LogP contribution in [0.4, 0.5) is 5.69 Å². The Morgan fingerprint density at radius 1 is 1.60 bits per heavy atom. The SMILES string of the molecule is CCOc1ccc(C(Br)C(C)=O)c(N)c1. The Hall–Kier alpha value is -1.03. The minimum absolute atomic E-state index is 0.0332. The highest BCUT2D eigenvalue weighted by atomic mass is 79.9. The summed E-state index contributed by atoms with van der Waals surface area (Å²) in [5.41, 5.74) is 7.18. The zero-order valence-electron chi connectivity index (χ0n) is 8.79. The molecule has 1 aromatic carbocycles. The predicted octanol–water partition coefficient (Wildman–Crippen LogP) is 2.69. The van der Waals surface area contributed by atoms with E-state index in [9.17, 15) is 4.79 Å². The molecule has 0 aliphatic heterocycles. The molecule has 0 bridgehead atoms. The molecule has 1 unspecified atom stereocenters. The molecule has 0 aliphatic carbocycles. The smallest absolute Gasteiger partial charge is 0.147 e. The third-order valence-electron chi connectivity index (χ3n) is 2.00. The van der Waals surface area contributed by atoms with Crippen molar-refractivity contribution in [3.8, 4) is 5.75 Å². The summed E-state index contributed by atoms with van der Waals surface area (Å²) < 4.78 is 5.30. The lowest BCUT2D eigenvalue weighted by Gasteiger charge is -2.11. The lowest BCUT2D eigenvalue weighted by Crippen LogP contribution is -2.05. The van der Waals surface area contributed by atoms with Gasteiger partial charge in [0.05, 0.1) is 11.4 Å². The van der Waals surface area contributed by atoms with E-state index in [0.717, 1.165) is 11.3 Å². The number of hydrogen-bond donors (Lipinski definition) is 1. The molecule has 15 heavy (non-hydrogen) atoms. The quantitative estimate of drug-likeness (QED) is 0.677. The van der Waals surface area contributed by atoms with Crippen molar-refractivity contribution in [2.75, 3.05) is 12.3 Å². The predicted molar refractivity (Wildman–Crippen MR) is 64.4 cm³/mol. The Labute approximate surface area is 97.7 Å². The zero-order valence-corrected chi connectivity index (χ0v) is 10.4. The molecule has 1 aromatic rings. The van der Waals surface area contributed by atoms with Gasteiger partial charge >= 0.3 is 0 Å². The van der Waals surface area contributed by atoms with Crippen molar-refractivity contribution in [2.24, 2.45) is 0 Å². The molecule has 0 spiro atoms. The number of ether oxygens (including phenoxy) is 1. The van der Waals surface area contributed by atoms with Crippen molar-refractivity contribution in [1.29, 1.82) is 0 Å². The fraction of sp³-hybridized carbons (Fsp3) is 0.364. The van der Waals surface area contributed by atoms with Crippen LogP contribution in [0.2, 0.25) is 0 Å². The Morgan fingerprint density at radius 3 is 2.73 bits per heavy atom. The Kier molecular flexibility index (Phi) is 4.15. The molecule has 0 aromatic heterocycles. The first-order chi connectivity index (χ1) is 7.06. The molecule has 1 rings (SSSR count). The number of Topliss-reactive ketones (excluding diaryl/α,β-unsaturated/α-hetero) is 1. The molecule has 1 atom stereocenters. The molecule has 82 valence electrons. The number of carbonyl (C=O) groups excluding carboxylic acids is 1. The number of hydrogen-bond acceptors (Lipinski definition) is 3. The van der Waals surface area contributed by atoms with Crippen LogP contribution in [0.3, 0.4) is 0 Å². The molecule has 0 amide bonds. The molecular weight excluding hydrogens is 258 g/mol. The Bertz CT molecular complexity index is 366. The molecule has 0 saturated heterocycles. The van der Waals surface area contributed by atoms with Gasteiger partial charge in [0.15, 0.2) is 0 Å². The number of ketones is 1. The van der Waals surface area contributed by atoms with Crippen molar-refractivity contribution in [3.63, 3.8) is 0 Å². The average Bonchev–Trinajstić information content (AvgIpc) is 2.17. The number of rotatable bonds is 4. The average molecular weight is 272 g/mol. The molecule has 0 aliphatic rings. The molecule has 4 heteroatoms. The fourth-order valence-corrected chi connectivity index (χ4v) is 1.68. The van der Waals surface area contributed by atoms with E-state index in [1.807, 2.05) is 13.0 Å². The van der Waals surface area contributed by atoms with Crippen LogP contribution in [0.1, 0.15) is 24.2 Å². The van der Waals surface area contributed by atoms with E-state index in [1.165, 1.54) is 6.92 Å². The van der Waals surface area contributed by atoms with Crippen molar-refractivity contribution in [2.45, 2.75) is 18.7 Å². The molecule has 3 nitrogen and oxygen atoms in total. The first kappa shape index (κ1) is 12.0. The number of benzene rings is 1. The number of nitrogens with two attached hydrogens (primary N) is 1. The Morgan fingerprint density at radius 2 is 2.27 bits per heavy atom. The molecule has 2 N–H and O–H groups in total. The first-order valence-electron chi connectivity index (χ1n) is 4.73. The molecule has 0 saturated carbocycles. The fourth-order valence-electron chi connectivity index (χ4n) is 1.26. The highest BCUT2D eigenvalue weighted by molar-refractivity contribution is 9.09. The van der Waals surface area contributed by atoms with Crippen LogP contribution in [0.15, 0.2) is 18.2 Å². The van der Waals surface area contributed by atoms with Crippen molar-refractivity contribution >= 4 is 27.4 Å². The van der Waals surface area contributed by atoms with Crippen LogP contribution in [0, 0.1) is 0 Å². The number of alkyl halides is 1. The Balaban J connectivity index is 2.97. The number of anilines is 1. The van der Waals surface area contributed by atoms with Crippen LogP contribution in [-0.2, 0) is 4.79 Å². The largest absolute Gasteiger partial charge is 0.494 e. The van der Waals surface area contributed by atoms with Gasteiger partial charge in [0.1, 0.15) is 11.5 Å². The summed E-state index contributed by atoms with van der Waals surface area (Å²) in [5, 5.41) is 0. The van der Waals surface area contributed by atoms with Gasteiger partial charge in [-0.05, 0) is 25.5 Å². The summed E-state index contributed by atoms with van der Waals surface area (Å²) in [6, 6.07) is 5.35. The third kappa shape index (κ3) is 2.96. The number of halogens is 1. The van der Waals surface area contributed by atoms with Crippen LogP contribution in [-0.4, -0.2) is 12.4 Å². The molecule has 0 fully saturated rings. The standard InChI is InChI=1S/C11H14BrNO2/c1-3-15-8-4-5-9(10(13)6-8)11(12)7(2)14/h4-6,11H,3,13H2,1-2H3.